The van der Waals surface area contributed by atoms with Gasteiger partial charge >= 0.3 is 0 Å². The minimum atomic E-state index is -3.19. The molecule has 132 valence electrons. The standard InChI is InChI=1S/C18H21N3O3S/c1-11-18(20)21-16-10-13(5-8-17(16)24-11)15(19)9-12-3-6-14(7-4-12)25(2,22)23/h3-8,10-11,15H,9,19H2,1-2H3,(H2,20,21). The van der Waals surface area contributed by atoms with Crippen molar-refractivity contribution in [2.75, 3.05) is 6.26 Å². The Balaban J connectivity index is 1.79. The molecule has 1 heterocycles. The van der Waals surface area contributed by atoms with Gasteiger partial charge in [0.2, 0.25) is 0 Å². The Morgan fingerprint density at radius 1 is 1.20 bits per heavy atom. The first-order valence-electron chi connectivity index (χ1n) is 7.93. The molecule has 0 bridgehead atoms. The average molecular weight is 359 g/mol. The molecule has 0 saturated carbocycles. The number of amidine groups is 1. The van der Waals surface area contributed by atoms with Crippen LogP contribution in [0.2, 0.25) is 0 Å². The molecule has 0 saturated heterocycles. The molecule has 3 rings (SSSR count). The Bertz CT molecular complexity index is 921. The molecule has 0 radical (unpaired) electrons. The second-order valence-electron chi connectivity index (χ2n) is 6.25. The number of nitrogens with two attached hydrogens (primary N) is 2. The zero-order valence-corrected chi connectivity index (χ0v) is 15.0. The summed E-state index contributed by atoms with van der Waals surface area (Å²) >= 11 is 0. The summed E-state index contributed by atoms with van der Waals surface area (Å²) in [5, 5.41) is 0. The second kappa shape index (κ2) is 6.50. The second-order valence-corrected chi connectivity index (χ2v) is 8.27. The summed E-state index contributed by atoms with van der Waals surface area (Å²) in [5.74, 6) is 1.13. The van der Waals surface area contributed by atoms with Gasteiger partial charge in [0.15, 0.2) is 15.9 Å². The van der Waals surface area contributed by atoms with Gasteiger partial charge in [0.1, 0.15) is 17.3 Å². The zero-order chi connectivity index (χ0) is 18.2. The average Bonchev–Trinajstić information content (AvgIpc) is 2.55. The first-order chi connectivity index (χ1) is 11.7. The number of fused-ring (bicyclic) bond motifs is 1. The van der Waals surface area contributed by atoms with Gasteiger partial charge in [-0.1, -0.05) is 18.2 Å². The quantitative estimate of drug-likeness (QED) is 0.869. The van der Waals surface area contributed by atoms with E-state index in [0.717, 1.165) is 11.1 Å². The first kappa shape index (κ1) is 17.4. The molecule has 4 N–H and O–H groups in total. The van der Waals surface area contributed by atoms with E-state index in [-0.39, 0.29) is 12.1 Å². The van der Waals surface area contributed by atoms with Crippen LogP contribution in [0.4, 0.5) is 5.69 Å². The van der Waals surface area contributed by atoms with Gasteiger partial charge in [-0.2, -0.15) is 0 Å². The van der Waals surface area contributed by atoms with Gasteiger partial charge < -0.3 is 16.2 Å². The van der Waals surface area contributed by atoms with Crippen molar-refractivity contribution in [3.8, 4) is 5.75 Å². The van der Waals surface area contributed by atoms with Gasteiger partial charge in [0.25, 0.3) is 0 Å². The maximum Gasteiger partial charge on any atom is 0.175 e. The topological polar surface area (TPSA) is 108 Å². The zero-order valence-electron chi connectivity index (χ0n) is 14.1. The van der Waals surface area contributed by atoms with Crippen molar-refractivity contribution in [3.05, 3.63) is 53.6 Å². The predicted molar refractivity (Wildman–Crippen MR) is 98.0 cm³/mol. The van der Waals surface area contributed by atoms with Crippen molar-refractivity contribution in [2.45, 2.75) is 30.4 Å². The van der Waals surface area contributed by atoms with Gasteiger partial charge in [-0.15, -0.1) is 0 Å². The molecule has 0 aromatic heterocycles. The number of ether oxygens (including phenoxy) is 1. The largest absolute Gasteiger partial charge is 0.481 e. The molecule has 2 aromatic carbocycles. The molecule has 0 amide bonds. The van der Waals surface area contributed by atoms with Crippen LogP contribution < -0.4 is 16.2 Å². The molecule has 7 heteroatoms. The maximum absolute atomic E-state index is 11.5. The van der Waals surface area contributed by atoms with Gasteiger partial charge in [-0.05, 0) is 48.7 Å². The highest BCUT2D eigenvalue weighted by molar-refractivity contribution is 7.90. The van der Waals surface area contributed by atoms with Crippen LogP contribution in [0, 0.1) is 0 Å². The Morgan fingerprint density at radius 2 is 1.88 bits per heavy atom. The fraction of sp³-hybridized carbons (Fsp3) is 0.278. The van der Waals surface area contributed by atoms with Crippen LogP contribution in [0.3, 0.4) is 0 Å². The molecule has 2 aromatic rings. The maximum atomic E-state index is 11.5. The lowest BCUT2D eigenvalue weighted by atomic mass is 9.99. The fourth-order valence-electron chi connectivity index (χ4n) is 2.68. The van der Waals surface area contributed by atoms with E-state index in [0.29, 0.717) is 28.6 Å². The first-order valence-corrected chi connectivity index (χ1v) is 9.82. The lowest BCUT2D eigenvalue weighted by Crippen LogP contribution is -2.33. The molecular formula is C18H21N3O3S. The number of hydrogen-bond acceptors (Lipinski definition) is 6. The third kappa shape index (κ3) is 3.83. The summed E-state index contributed by atoms with van der Waals surface area (Å²) in [6, 6.07) is 12.2. The third-order valence-electron chi connectivity index (χ3n) is 4.19. The number of nitrogens with zero attached hydrogens (tertiary/aromatic N) is 1. The van der Waals surface area contributed by atoms with E-state index in [9.17, 15) is 8.42 Å². The van der Waals surface area contributed by atoms with E-state index < -0.39 is 9.84 Å². The summed E-state index contributed by atoms with van der Waals surface area (Å²) in [6.45, 7) is 1.85. The van der Waals surface area contributed by atoms with Crippen LogP contribution >= 0.6 is 0 Å². The molecule has 6 nitrogen and oxygen atoms in total. The Kier molecular flexibility index (Phi) is 4.53. The number of hydrogen-bond donors (Lipinski definition) is 2. The Labute approximate surface area is 147 Å². The van der Waals surface area contributed by atoms with E-state index in [1.54, 1.807) is 24.3 Å². The van der Waals surface area contributed by atoms with Crippen LogP contribution in [0.15, 0.2) is 52.4 Å². The molecule has 2 unspecified atom stereocenters. The summed E-state index contributed by atoms with van der Waals surface area (Å²) in [7, 11) is -3.19. The van der Waals surface area contributed by atoms with E-state index >= 15 is 0 Å². The van der Waals surface area contributed by atoms with Crippen LogP contribution in [0.1, 0.15) is 24.1 Å². The molecule has 1 aliphatic heterocycles. The summed E-state index contributed by atoms with van der Waals surface area (Å²) in [6.07, 6.45) is 1.54. The minimum Gasteiger partial charge on any atom is -0.481 e. The van der Waals surface area contributed by atoms with Crippen molar-refractivity contribution in [1.29, 1.82) is 0 Å². The highest BCUT2D eigenvalue weighted by Crippen LogP contribution is 2.34. The van der Waals surface area contributed by atoms with Crippen molar-refractivity contribution in [3.63, 3.8) is 0 Å². The van der Waals surface area contributed by atoms with Crippen molar-refractivity contribution in [1.82, 2.24) is 0 Å². The number of aliphatic imine (C=N–C) groups is 1. The molecule has 0 spiro atoms. The smallest absolute Gasteiger partial charge is 0.175 e. The fourth-order valence-corrected chi connectivity index (χ4v) is 3.31. The molecular weight excluding hydrogens is 338 g/mol. The van der Waals surface area contributed by atoms with Crippen LogP contribution in [-0.4, -0.2) is 26.6 Å². The molecule has 0 fully saturated rings. The normalized spacial score (nSPS) is 18.0. The summed E-state index contributed by atoms with van der Waals surface area (Å²) in [5.41, 5.74) is 14.7. The summed E-state index contributed by atoms with van der Waals surface area (Å²) < 4.78 is 28.7. The van der Waals surface area contributed by atoms with E-state index in [2.05, 4.69) is 4.99 Å². The highest BCUT2D eigenvalue weighted by atomic mass is 32.2. The van der Waals surface area contributed by atoms with Gasteiger partial charge in [0.05, 0.1) is 4.90 Å². The van der Waals surface area contributed by atoms with Gasteiger partial charge in [-0.25, -0.2) is 13.4 Å². The van der Waals surface area contributed by atoms with Crippen molar-refractivity contribution < 1.29 is 13.2 Å². The molecule has 1 aliphatic rings. The van der Waals surface area contributed by atoms with Crippen LogP contribution in [0.25, 0.3) is 0 Å². The third-order valence-corrected chi connectivity index (χ3v) is 5.32. The van der Waals surface area contributed by atoms with Crippen LogP contribution in [-0.2, 0) is 16.3 Å². The highest BCUT2D eigenvalue weighted by Gasteiger charge is 2.19. The van der Waals surface area contributed by atoms with E-state index in [1.807, 2.05) is 25.1 Å². The number of sulfone groups is 1. The van der Waals surface area contributed by atoms with Crippen molar-refractivity contribution in [2.24, 2.45) is 16.5 Å². The van der Waals surface area contributed by atoms with E-state index in [1.165, 1.54) is 6.26 Å². The molecule has 0 aliphatic carbocycles. The summed E-state index contributed by atoms with van der Waals surface area (Å²) in [4.78, 5) is 4.66. The Morgan fingerprint density at radius 3 is 2.52 bits per heavy atom. The number of benzene rings is 2. The minimum absolute atomic E-state index is 0.236. The number of rotatable bonds is 4. The van der Waals surface area contributed by atoms with E-state index in [4.69, 9.17) is 16.2 Å². The lowest BCUT2D eigenvalue weighted by molar-refractivity contribution is 0.281. The molecule has 25 heavy (non-hydrogen) atoms. The van der Waals surface area contributed by atoms with Gasteiger partial charge in [0, 0.05) is 12.3 Å². The SMILES string of the molecule is CC1Oc2ccc(C(N)Cc3ccc(S(C)(=O)=O)cc3)cc2N=C1N. The van der Waals surface area contributed by atoms with Crippen LogP contribution in [0.5, 0.6) is 5.75 Å². The molecule has 2 atom stereocenters. The van der Waals surface area contributed by atoms with Crippen molar-refractivity contribution >= 4 is 21.4 Å². The lowest BCUT2D eigenvalue weighted by Gasteiger charge is -2.22. The predicted octanol–water partition coefficient (Wildman–Crippen LogP) is 2.10. The Hall–Kier alpha value is -2.38. The monoisotopic (exact) mass is 359 g/mol. The van der Waals surface area contributed by atoms with Gasteiger partial charge in [-0.3, -0.25) is 0 Å².